The van der Waals surface area contributed by atoms with Crippen molar-refractivity contribution in [3.05, 3.63) is 30.3 Å². The Labute approximate surface area is 150 Å². The molecule has 3 nitrogen and oxygen atoms in total. The molecule has 0 amide bonds. The number of hydrogen-bond acceptors (Lipinski definition) is 3. The third kappa shape index (κ3) is 53.4. The maximum atomic E-state index is 8.14. The molecule has 0 aromatic heterocycles. The zero-order valence-corrected chi connectivity index (χ0v) is 17.0. The molecule has 1 rings (SSSR count). The van der Waals surface area contributed by atoms with Crippen LogP contribution in [0.4, 0.5) is 0 Å². The Morgan fingerprint density at radius 1 is 0.667 bits per heavy atom. The molecule has 0 aliphatic heterocycles. The van der Waals surface area contributed by atoms with Gasteiger partial charge < -0.3 is 15.3 Å². The Kier molecular flexibility index (Phi) is 34.8. The Morgan fingerprint density at radius 3 is 0.905 bits per heavy atom. The van der Waals surface area contributed by atoms with E-state index >= 15 is 0 Å². The summed E-state index contributed by atoms with van der Waals surface area (Å²) in [5.74, 6) is 1.32. The second-order valence-corrected chi connectivity index (χ2v) is 5.69. The summed E-state index contributed by atoms with van der Waals surface area (Å²) in [6, 6.07) is 10.0. The molecule has 4 heteroatoms. The van der Waals surface area contributed by atoms with E-state index in [0.717, 1.165) is 0 Å². The molecule has 126 valence electrons. The molecule has 1 aromatic carbocycles. The summed E-state index contributed by atoms with van der Waals surface area (Å²) in [6.07, 6.45) is 0. The van der Waals surface area contributed by atoms with Crippen LogP contribution in [0.5, 0.6) is 0 Å². The first kappa shape index (κ1) is 29.2. The summed E-state index contributed by atoms with van der Waals surface area (Å²) in [5.41, 5.74) is 0. The van der Waals surface area contributed by atoms with Crippen molar-refractivity contribution in [3.8, 4) is 0 Å². The molecule has 0 aliphatic rings. The molecule has 0 fully saturated rings. The van der Waals surface area contributed by atoms with Gasteiger partial charge in [0, 0.05) is 46.0 Å². The van der Waals surface area contributed by atoms with Gasteiger partial charge in [0.15, 0.2) is 0 Å². The van der Waals surface area contributed by atoms with Crippen LogP contribution in [0.3, 0.4) is 0 Å². The van der Waals surface area contributed by atoms with E-state index in [2.05, 4.69) is 0 Å². The molecule has 21 heavy (non-hydrogen) atoms. The average Bonchev–Trinajstić information content (AvgIpc) is 2.99. The monoisotopic (exact) mass is 377 g/mol. The molecule has 3 N–H and O–H groups in total. The molecular formula is C17H35O3Zr-. The largest absolute Gasteiger partial charge is 0.396 e. The van der Waals surface area contributed by atoms with Gasteiger partial charge in [-0.1, -0.05) is 41.5 Å². The SMILES string of the molecule is CC(C)CO.CC(C)CO.CC(C)CO.[Zr].c1cc[cH-]c1. The van der Waals surface area contributed by atoms with Crippen molar-refractivity contribution in [3.63, 3.8) is 0 Å². The normalized spacial score (nSPS) is 8.76. The zero-order chi connectivity index (χ0) is 16.4. The van der Waals surface area contributed by atoms with Crippen molar-refractivity contribution < 1.29 is 41.5 Å². The van der Waals surface area contributed by atoms with E-state index in [-0.39, 0.29) is 26.2 Å². The predicted molar refractivity (Wildman–Crippen MR) is 87.8 cm³/mol. The van der Waals surface area contributed by atoms with Gasteiger partial charge in [0.1, 0.15) is 0 Å². The Bertz CT molecular complexity index is 186. The predicted octanol–water partition coefficient (Wildman–Crippen LogP) is 3.31. The van der Waals surface area contributed by atoms with E-state index < -0.39 is 0 Å². The summed E-state index contributed by atoms with van der Waals surface area (Å²) < 4.78 is 0. The molecule has 0 saturated heterocycles. The summed E-state index contributed by atoms with van der Waals surface area (Å²) in [7, 11) is 0. The topological polar surface area (TPSA) is 60.7 Å². The van der Waals surface area contributed by atoms with Crippen LogP contribution in [-0.4, -0.2) is 35.1 Å². The van der Waals surface area contributed by atoms with Gasteiger partial charge in [-0.25, -0.2) is 12.1 Å². The van der Waals surface area contributed by atoms with Crippen molar-refractivity contribution in [1.82, 2.24) is 0 Å². The minimum absolute atomic E-state index is 0. The number of aliphatic hydroxyl groups is 3. The van der Waals surface area contributed by atoms with E-state index in [1.807, 2.05) is 71.9 Å². The van der Waals surface area contributed by atoms with E-state index in [4.69, 9.17) is 15.3 Å². The van der Waals surface area contributed by atoms with E-state index in [9.17, 15) is 0 Å². The van der Waals surface area contributed by atoms with Gasteiger partial charge in [0.05, 0.1) is 0 Å². The van der Waals surface area contributed by atoms with Crippen LogP contribution in [0.25, 0.3) is 0 Å². The molecular weight excluding hydrogens is 343 g/mol. The number of hydrogen-bond donors (Lipinski definition) is 3. The fourth-order valence-corrected chi connectivity index (χ4v) is 0.321. The number of aliphatic hydroxyl groups excluding tert-OH is 3. The van der Waals surface area contributed by atoms with Gasteiger partial charge in [-0.3, -0.25) is 0 Å². The molecule has 0 heterocycles. The molecule has 0 bridgehead atoms. The zero-order valence-electron chi connectivity index (χ0n) is 14.6. The molecule has 0 radical (unpaired) electrons. The summed E-state index contributed by atoms with van der Waals surface area (Å²) in [4.78, 5) is 0. The van der Waals surface area contributed by atoms with Crippen LogP contribution in [0.1, 0.15) is 41.5 Å². The molecule has 0 unspecified atom stereocenters. The second-order valence-electron chi connectivity index (χ2n) is 5.69. The molecule has 0 aliphatic carbocycles. The van der Waals surface area contributed by atoms with E-state index in [0.29, 0.717) is 37.6 Å². The first-order valence-electron chi connectivity index (χ1n) is 7.30. The Balaban J connectivity index is -0.0000000903. The van der Waals surface area contributed by atoms with Gasteiger partial charge in [-0.15, -0.1) is 0 Å². The maximum Gasteiger partial charge on any atom is 0.0453 e. The molecule has 1 aromatic rings. The van der Waals surface area contributed by atoms with Crippen LogP contribution in [0.15, 0.2) is 30.3 Å². The Morgan fingerprint density at radius 2 is 0.857 bits per heavy atom. The average molecular weight is 379 g/mol. The standard InChI is InChI=1S/C5H5.3C4H10O.Zr/c1-2-4-5-3-1;3*1-4(2)3-5;/h1-5H;3*4-5H,3H2,1-2H3;/q-1;;;;. The van der Waals surface area contributed by atoms with Gasteiger partial charge in [0.2, 0.25) is 0 Å². The van der Waals surface area contributed by atoms with Crippen molar-refractivity contribution in [2.75, 3.05) is 19.8 Å². The van der Waals surface area contributed by atoms with Crippen molar-refractivity contribution in [2.45, 2.75) is 41.5 Å². The molecule has 0 atom stereocenters. The third-order valence-corrected chi connectivity index (χ3v) is 1.65. The van der Waals surface area contributed by atoms with E-state index in [1.165, 1.54) is 0 Å². The van der Waals surface area contributed by atoms with Crippen molar-refractivity contribution in [2.24, 2.45) is 17.8 Å². The smallest absolute Gasteiger partial charge is 0.0453 e. The fourth-order valence-electron chi connectivity index (χ4n) is 0.321. The number of rotatable bonds is 3. The second kappa shape index (κ2) is 25.1. The quantitative estimate of drug-likeness (QED) is 0.707. The Hall–Kier alpha value is 0.113. The van der Waals surface area contributed by atoms with Gasteiger partial charge >= 0.3 is 0 Å². The van der Waals surface area contributed by atoms with Gasteiger partial charge in [0.25, 0.3) is 0 Å². The fraction of sp³-hybridized carbons (Fsp3) is 0.706. The maximum absolute atomic E-state index is 8.14. The summed E-state index contributed by atoms with van der Waals surface area (Å²) in [5, 5.41) is 24.4. The van der Waals surface area contributed by atoms with Crippen LogP contribution in [0.2, 0.25) is 0 Å². The molecule has 0 spiro atoms. The van der Waals surface area contributed by atoms with Crippen LogP contribution < -0.4 is 0 Å². The summed E-state index contributed by atoms with van der Waals surface area (Å²) in [6.45, 7) is 12.7. The minimum atomic E-state index is 0. The van der Waals surface area contributed by atoms with Crippen LogP contribution >= 0.6 is 0 Å². The van der Waals surface area contributed by atoms with Crippen molar-refractivity contribution >= 4 is 0 Å². The van der Waals surface area contributed by atoms with Crippen molar-refractivity contribution in [1.29, 1.82) is 0 Å². The van der Waals surface area contributed by atoms with Gasteiger partial charge in [-0.2, -0.15) is 18.2 Å². The third-order valence-electron chi connectivity index (χ3n) is 1.65. The minimum Gasteiger partial charge on any atom is -0.396 e. The van der Waals surface area contributed by atoms with Gasteiger partial charge in [-0.05, 0) is 17.8 Å². The first-order chi connectivity index (χ1) is 9.31. The first-order valence-corrected chi connectivity index (χ1v) is 7.30. The van der Waals surface area contributed by atoms with Crippen LogP contribution in [-0.2, 0) is 26.2 Å². The van der Waals surface area contributed by atoms with Crippen LogP contribution in [0, 0.1) is 17.8 Å². The molecule has 0 saturated carbocycles. The summed E-state index contributed by atoms with van der Waals surface area (Å²) >= 11 is 0. The van der Waals surface area contributed by atoms with E-state index in [1.54, 1.807) is 0 Å².